The molecule has 1 heterocycles. The Hall–Kier alpha value is -2.84. The highest BCUT2D eigenvalue weighted by molar-refractivity contribution is 5.87. The molecule has 46 heavy (non-hydrogen) atoms. The highest BCUT2D eigenvalue weighted by Gasteiger charge is 2.42. The van der Waals surface area contributed by atoms with Crippen molar-refractivity contribution < 1.29 is 14.3 Å². The third kappa shape index (κ3) is 17.2. The molecule has 2 rings (SSSR count). The summed E-state index contributed by atoms with van der Waals surface area (Å²) in [6.07, 6.45) is 21.6. The highest BCUT2D eigenvalue weighted by atomic mass is 16.6. The number of H-pyrrole nitrogens is 1. The molecule has 1 aromatic rings. The third-order valence-corrected chi connectivity index (χ3v) is 8.91. The van der Waals surface area contributed by atoms with Crippen LogP contribution in [0.5, 0.6) is 0 Å². The summed E-state index contributed by atoms with van der Waals surface area (Å²) < 4.78 is 6.03. The molecule has 1 aromatic heterocycles. The second-order valence-electron chi connectivity index (χ2n) is 15.3. The number of anilines is 1. The summed E-state index contributed by atoms with van der Waals surface area (Å²) in [5.41, 5.74) is -0.0509. The predicted molar refractivity (Wildman–Crippen MR) is 189 cm³/mol. The van der Waals surface area contributed by atoms with Crippen molar-refractivity contribution in [1.82, 2.24) is 20.6 Å². The van der Waals surface area contributed by atoms with Crippen molar-refractivity contribution in [3.05, 3.63) is 34.3 Å². The molecule has 1 aliphatic carbocycles. The Bertz CT molecular complexity index is 1130. The zero-order chi connectivity index (χ0) is 34.0. The van der Waals surface area contributed by atoms with E-state index in [0.717, 1.165) is 57.3 Å². The lowest BCUT2D eigenvalue weighted by atomic mass is 9.62. The first-order valence-electron chi connectivity index (χ1n) is 18.0. The van der Waals surface area contributed by atoms with Crippen LogP contribution in [-0.2, 0) is 4.74 Å². The number of aromatic amines is 1. The first-order valence-corrected chi connectivity index (χ1v) is 18.0. The van der Waals surface area contributed by atoms with Gasteiger partial charge in [-0.3, -0.25) is 15.1 Å². The van der Waals surface area contributed by atoms with Gasteiger partial charge in [-0.1, -0.05) is 105 Å². The van der Waals surface area contributed by atoms with Crippen LogP contribution in [0.4, 0.5) is 15.5 Å². The van der Waals surface area contributed by atoms with Crippen LogP contribution in [0.15, 0.2) is 23.0 Å². The van der Waals surface area contributed by atoms with Crippen molar-refractivity contribution in [2.24, 2.45) is 16.7 Å². The van der Waals surface area contributed by atoms with Crippen molar-refractivity contribution >= 4 is 18.1 Å². The number of rotatable bonds is 20. The van der Waals surface area contributed by atoms with E-state index in [-0.39, 0.29) is 40.6 Å². The van der Waals surface area contributed by atoms with E-state index >= 15 is 0 Å². The van der Waals surface area contributed by atoms with Crippen LogP contribution >= 0.6 is 0 Å². The Morgan fingerprint density at radius 3 is 2.43 bits per heavy atom. The predicted octanol–water partition coefficient (Wildman–Crippen LogP) is 9.18. The van der Waals surface area contributed by atoms with Crippen molar-refractivity contribution in [3.8, 4) is 0 Å². The molecule has 3 atom stereocenters. The maximum atomic E-state index is 13.2. The number of urea groups is 1. The molecular formula is C37H65N5O4. The normalized spacial score (nSPS) is 20.0. The number of unbranched alkanes of at least 4 members (excludes halogenated alkanes) is 8. The Balaban J connectivity index is 1.86. The van der Waals surface area contributed by atoms with Gasteiger partial charge in [-0.05, 0) is 68.6 Å². The summed E-state index contributed by atoms with van der Waals surface area (Å²) >= 11 is 0. The Morgan fingerprint density at radius 2 is 1.72 bits per heavy atom. The largest absolute Gasteiger partial charge is 0.446 e. The fraction of sp³-hybridized carbons (Fsp3) is 0.784. The van der Waals surface area contributed by atoms with Crippen LogP contribution in [0.25, 0.3) is 0 Å². The van der Waals surface area contributed by atoms with E-state index in [1.54, 1.807) is 6.92 Å². The first kappa shape index (κ1) is 39.3. The van der Waals surface area contributed by atoms with E-state index in [4.69, 9.17) is 4.74 Å². The van der Waals surface area contributed by atoms with Gasteiger partial charge in [-0.15, -0.1) is 0 Å². The van der Waals surface area contributed by atoms with Crippen molar-refractivity contribution in [2.75, 3.05) is 11.9 Å². The SMILES string of the molecule is CCCCCCC(C/C=C/CCCCCCCC(C)C)OC(=O)NC1CC(C)(C)CC(C)(CNC(=O)Nc2nc(C)cc(=O)[nH]2)C1. The second kappa shape index (κ2) is 20.4. The van der Waals surface area contributed by atoms with Crippen LogP contribution < -0.4 is 21.5 Å². The Morgan fingerprint density at radius 1 is 1.02 bits per heavy atom. The van der Waals surface area contributed by atoms with E-state index in [0.29, 0.717) is 12.2 Å². The number of allylic oxidation sites excluding steroid dienone is 1. The zero-order valence-corrected chi connectivity index (χ0v) is 30.1. The van der Waals surface area contributed by atoms with E-state index in [9.17, 15) is 14.4 Å². The van der Waals surface area contributed by atoms with Gasteiger partial charge in [0.15, 0.2) is 0 Å². The molecule has 1 saturated carbocycles. The molecular weight excluding hydrogens is 578 g/mol. The minimum Gasteiger partial charge on any atom is -0.446 e. The van der Waals surface area contributed by atoms with Gasteiger partial charge in [-0.2, -0.15) is 0 Å². The van der Waals surface area contributed by atoms with Gasteiger partial charge < -0.3 is 15.4 Å². The molecule has 9 heteroatoms. The molecule has 1 fully saturated rings. The fourth-order valence-electron chi connectivity index (χ4n) is 7.04. The topological polar surface area (TPSA) is 125 Å². The second-order valence-corrected chi connectivity index (χ2v) is 15.3. The molecule has 9 nitrogen and oxygen atoms in total. The van der Waals surface area contributed by atoms with E-state index in [2.05, 4.69) is 79.6 Å². The van der Waals surface area contributed by atoms with Crippen LogP contribution in [0, 0.1) is 23.7 Å². The first-order chi connectivity index (χ1) is 21.8. The van der Waals surface area contributed by atoms with E-state index < -0.39 is 6.03 Å². The number of aromatic nitrogens is 2. The van der Waals surface area contributed by atoms with Crippen molar-refractivity contribution in [2.45, 2.75) is 163 Å². The monoisotopic (exact) mass is 644 g/mol. The Labute approximate surface area is 278 Å². The molecule has 0 spiro atoms. The average molecular weight is 644 g/mol. The van der Waals surface area contributed by atoms with Crippen molar-refractivity contribution in [3.63, 3.8) is 0 Å². The number of aryl methyl sites for hydroxylation is 1. The number of carbonyl (C=O) groups is 2. The summed E-state index contributed by atoms with van der Waals surface area (Å²) in [5.74, 6) is 0.919. The number of nitrogens with one attached hydrogen (secondary N) is 4. The van der Waals surface area contributed by atoms with Gasteiger partial charge in [0.25, 0.3) is 5.56 Å². The van der Waals surface area contributed by atoms with Gasteiger partial charge >= 0.3 is 12.1 Å². The van der Waals surface area contributed by atoms with Crippen LogP contribution in [0.1, 0.15) is 150 Å². The quantitative estimate of drug-likeness (QED) is 0.0833. The molecule has 1 aliphatic rings. The molecule has 262 valence electrons. The molecule has 0 radical (unpaired) electrons. The van der Waals surface area contributed by atoms with Gasteiger partial charge in [0, 0.05) is 30.8 Å². The lowest BCUT2D eigenvalue weighted by Crippen LogP contribution is -2.51. The minimum atomic E-state index is -0.428. The summed E-state index contributed by atoms with van der Waals surface area (Å²) in [4.78, 5) is 44.2. The van der Waals surface area contributed by atoms with Gasteiger partial charge in [0.05, 0.1) is 0 Å². The average Bonchev–Trinajstić information content (AvgIpc) is 2.93. The maximum Gasteiger partial charge on any atom is 0.407 e. The van der Waals surface area contributed by atoms with Crippen molar-refractivity contribution in [1.29, 1.82) is 0 Å². The fourth-order valence-corrected chi connectivity index (χ4v) is 7.04. The number of hydrogen-bond acceptors (Lipinski definition) is 5. The van der Waals surface area contributed by atoms with Gasteiger partial charge in [-0.25, -0.2) is 14.6 Å². The summed E-state index contributed by atoms with van der Waals surface area (Å²) in [6, 6.07) is 0.886. The van der Waals surface area contributed by atoms with E-state index in [1.807, 2.05) is 0 Å². The molecule has 0 saturated heterocycles. The third-order valence-electron chi connectivity index (χ3n) is 8.91. The van der Waals surface area contributed by atoms with Gasteiger partial charge in [0.2, 0.25) is 5.95 Å². The lowest BCUT2D eigenvalue weighted by molar-refractivity contribution is 0.0555. The number of nitrogens with zero attached hydrogens (tertiary/aromatic N) is 1. The number of amides is 3. The van der Waals surface area contributed by atoms with E-state index in [1.165, 1.54) is 57.4 Å². The maximum absolute atomic E-state index is 13.2. The van der Waals surface area contributed by atoms with Crippen LogP contribution in [0.3, 0.4) is 0 Å². The number of carbonyl (C=O) groups excluding carboxylic acids is 2. The minimum absolute atomic E-state index is 0.0246. The molecule has 0 aromatic carbocycles. The highest BCUT2D eigenvalue weighted by Crippen LogP contribution is 2.45. The smallest absolute Gasteiger partial charge is 0.407 e. The molecule has 4 N–H and O–H groups in total. The lowest BCUT2D eigenvalue weighted by Gasteiger charge is -2.46. The zero-order valence-electron chi connectivity index (χ0n) is 30.1. The number of hydrogen-bond donors (Lipinski definition) is 4. The number of alkyl carbamates (subject to hydrolysis) is 1. The van der Waals surface area contributed by atoms with Gasteiger partial charge in [0.1, 0.15) is 6.10 Å². The number of ether oxygens (including phenoxy) is 1. The van der Waals surface area contributed by atoms with Crippen LogP contribution in [0.2, 0.25) is 0 Å². The molecule has 3 unspecified atom stereocenters. The molecule has 0 aliphatic heterocycles. The van der Waals surface area contributed by atoms with Crippen LogP contribution in [-0.4, -0.2) is 40.8 Å². The molecule has 0 bridgehead atoms. The summed E-state index contributed by atoms with van der Waals surface area (Å²) in [6.45, 7) is 15.5. The summed E-state index contributed by atoms with van der Waals surface area (Å²) in [5, 5.41) is 8.75. The molecule has 3 amide bonds. The Kier molecular flexibility index (Phi) is 17.5. The summed E-state index contributed by atoms with van der Waals surface area (Å²) in [7, 11) is 0. The standard InChI is InChI=1S/C37H65N5O4/c1-8-9-10-18-21-31(22-19-16-14-12-11-13-15-17-20-28(2)3)46-35(45)40-30-24-36(5,6)26-37(7,25-30)27-38-34(44)42-33-39-29(4)23-32(43)41-33/h16,19,23,28,30-31H,8-15,17-18,20-22,24-27H2,1-7H3,(H,40,45)(H3,38,39,41,42,43,44)/b19-16+.